The minimum atomic E-state index is -3.38. The maximum atomic E-state index is 12.1. The first-order valence-corrected chi connectivity index (χ1v) is 10.3. The van der Waals surface area contributed by atoms with Crippen LogP contribution in [0.4, 0.5) is 0 Å². The van der Waals surface area contributed by atoms with Gasteiger partial charge in [0.05, 0.1) is 7.11 Å². The summed E-state index contributed by atoms with van der Waals surface area (Å²) in [6.07, 6.45) is 1.68. The summed E-state index contributed by atoms with van der Waals surface area (Å²) >= 11 is 0. The third-order valence-electron chi connectivity index (χ3n) is 1.60. The first-order valence-electron chi connectivity index (χ1n) is 5.34. The lowest BCUT2D eigenvalue weighted by atomic mass is 10.9. The Morgan fingerprint density at radius 2 is 1.47 bits per heavy atom. The van der Waals surface area contributed by atoms with Crippen LogP contribution in [0.2, 0.25) is 0 Å². The molecule has 0 saturated carbocycles. The molecule has 0 rings (SSSR count). The fourth-order valence-corrected chi connectivity index (χ4v) is 6.58. The van der Waals surface area contributed by atoms with Crippen molar-refractivity contribution in [1.82, 2.24) is 0 Å². The number of hydrogen-bond acceptors (Lipinski definition) is 6. The van der Waals surface area contributed by atoms with Gasteiger partial charge in [-0.2, -0.15) is 0 Å². The highest BCUT2D eigenvalue weighted by molar-refractivity contribution is 8.35. The van der Waals surface area contributed by atoms with Gasteiger partial charge in [-0.05, 0) is 27.0 Å². The van der Waals surface area contributed by atoms with Crippen molar-refractivity contribution < 1.29 is 25.5 Å². The van der Waals surface area contributed by atoms with Crippen molar-refractivity contribution in [3.8, 4) is 0 Å². The summed E-state index contributed by atoms with van der Waals surface area (Å²) in [5, 5.41) is 0. The van der Waals surface area contributed by atoms with Crippen LogP contribution >= 0.6 is 0 Å². The lowest BCUT2D eigenvalue weighted by Gasteiger charge is -2.27. The highest BCUT2D eigenvalue weighted by Crippen LogP contribution is 2.16. The van der Waals surface area contributed by atoms with Gasteiger partial charge < -0.3 is 13.3 Å². The van der Waals surface area contributed by atoms with Gasteiger partial charge in [-0.25, -0.2) is 8.08 Å². The third-order valence-corrected chi connectivity index (χ3v) is 8.52. The van der Waals surface area contributed by atoms with Crippen LogP contribution in [0.3, 0.4) is 0 Å². The lowest BCUT2D eigenvalue weighted by Crippen LogP contribution is -2.50. The lowest BCUT2D eigenvalue weighted by molar-refractivity contribution is 0.0104. The standard InChI is InChI=1S/C8H22O6S2Si/c1-6-11-17(12-7-2,13-8-3)14-16(9,10-4)15-5/h15H,6-8H2,1-5H3. The molecule has 0 spiro atoms. The quantitative estimate of drug-likeness (QED) is 0.499. The van der Waals surface area contributed by atoms with Gasteiger partial charge in [0.15, 0.2) is 0 Å². The molecule has 0 fully saturated rings. The zero-order chi connectivity index (χ0) is 13.4. The summed E-state index contributed by atoms with van der Waals surface area (Å²) < 4.78 is 38.6. The van der Waals surface area contributed by atoms with Crippen LogP contribution in [0.25, 0.3) is 0 Å². The van der Waals surface area contributed by atoms with Crippen LogP contribution in [0.15, 0.2) is 0 Å². The van der Waals surface area contributed by atoms with E-state index in [1.807, 2.05) is 0 Å². The molecule has 0 aliphatic carbocycles. The predicted molar refractivity (Wildman–Crippen MR) is 71.6 cm³/mol. The molecule has 0 aromatic rings. The molecule has 6 nitrogen and oxygen atoms in total. The van der Waals surface area contributed by atoms with E-state index in [9.17, 15) is 4.21 Å². The van der Waals surface area contributed by atoms with Gasteiger partial charge in [-0.3, -0.25) is 4.18 Å². The molecule has 0 radical (unpaired) electrons. The Labute approximate surface area is 108 Å². The summed E-state index contributed by atoms with van der Waals surface area (Å²) in [4.78, 5) is 0. The normalized spacial score (nSPS) is 15.8. The average Bonchev–Trinajstić information content (AvgIpc) is 2.30. The molecule has 1 unspecified atom stereocenters. The van der Waals surface area contributed by atoms with E-state index in [1.165, 1.54) is 7.11 Å². The molecule has 0 aliphatic heterocycles. The van der Waals surface area contributed by atoms with Crippen molar-refractivity contribution in [2.75, 3.05) is 33.2 Å². The Bertz CT molecular complexity index is 298. The number of thiol groups is 1. The van der Waals surface area contributed by atoms with Crippen LogP contribution in [0, 0.1) is 0 Å². The van der Waals surface area contributed by atoms with E-state index in [4.69, 9.17) is 21.3 Å². The fraction of sp³-hybridized carbons (Fsp3) is 1.00. The summed E-state index contributed by atoms with van der Waals surface area (Å²) in [6.45, 7) is 6.44. The van der Waals surface area contributed by atoms with E-state index in [-0.39, 0.29) is 0 Å². The van der Waals surface area contributed by atoms with Gasteiger partial charge in [0, 0.05) is 19.8 Å². The molecule has 0 saturated heterocycles. The molecule has 1 atom stereocenters. The predicted octanol–water partition coefficient (Wildman–Crippen LogP) is 0.669. The van der Waals surface area contributed by atoms with Gasteiger partial charge in [-0.15, -0.1) is 10.3 Å². The van der Waals surface area contributed by atoms with Gasteiger partial charge in [0.2, 0.25) is 9.05 Å². The van der Waals surface area contributed by atoms with Crippen molar-refractivity contribution >= 4 is 28.4 Å². The molecular weight excluding hydrogens is 284 g/mol. The number of rotatable bonds is 9. The Morgan fingerprint density at radius 1 is 1.06 bits per heavy atom. The molecule has 0 heterocycles. The highest BCUT2D eigenvalue weighted by atomic mass is 32.9. The Kier molecular flexibility index (Phi) is 8.85. The van der Waals surface area contributed by atoms with Crippen LogP contribution in [-0.2, 0) is 40.7 Å². The topological polar surface area (TPSA) is 63.2 Å². The summed E-state index contributed by atoms with van der Waals surface area (Å²) in [5.74, 6) is 0. The Morgan fingerprint density at radius 3 is 1.71 bits per heavy atom. The Hall–Kier alpha value is 0.517. The molecule has 0 aliphatic rings. The van der Waals surface area contributed by atoms with Crippen molar-refractivity contribution in [2.45, 2.75) is 20.8 Å². The first-order chi connectivity index (χ1) is 8.01. The van der Waals surface area contributed by atoms with Crippen LogP contribution in [0.5, 0.6) is 0 Å². The van der Waals surface area contributed by atoms with Crippen LogP contribution in [0.1, 0.15) is 20.8 Å². The SMILES string of the molecule is CCO[Si](OCC)(OCC)OS(=O)(OC)=[SH]C. The van der Waals surface area contributed by atoms with E-state index in [0.29, 0.717) is 30.1 Å². The molecule has 106 valence electrons. The maximum absolute atomic E-state index is 12.1. The first kappa shape index (κ1) is 17.5. The Balaban J connectivity index is 5.07. The van der Waals surface area contributed by atoms with Gasteiger partial charge >= 0.3 is 9.05 Å². The van der Waals surface area contributed by atoms with E-state index in [1.54, 1.807) is 27.0 Å². The molecule has 0 N–H and O–H groups in total. The molecule has 0 bridgehead atoms. The minimum Gasteiger partial charge on any atom is -0.351 e. The van der Waals surface area contributed by atoms with E-state index >= 15 is 0 Å². The van der Waals surface area contributed by atoms with Crippen molar-refractivity contribution in [3.63, 3.8) is 0 Å². The molecule has 0 amide bonds. The molecule has 17 heavy (non-hydrogen) atoms. The third kappa shape index (κ3) is 5.79. The highest BCUT2D eigenvalue weighted by Gasteiger charge is 2.48. The summed E-state index contributed by atoms with van der Waals surface area (Å²) in [6, 6.07) is 0. The van der Waals surface area contributed by atoms with Crippen LogP contribution in [-0.4, -0.2) is 46.4 Å². The zero-order valence-electron chi connectivity index (χ0n) is 10.9. The fourth-order valence-electron chi connectivity index (χ4n) is 1.00. The summed E-state index contributed by atoms with van der Waals surface area (Å²) in [5.41, 5.74) is 0. The molecular formula is C8H22O6S2Si. The maximum Gasteiger partial charge on any atom is 0.694 e. The van der Waals surface area contributed by atoms with Crippen molar-refractivity contribution in [2.24, 2.45) is 0 Å². The van der Waals surface area contributed by atoms with Crippen molar-refractivity contribution in [1.29, 1.82) is 0 Å². The van der Waals surface area contributed by atoms with E-state index in [2.05, 4.69) is 0 Å². The largest absolute Gasteiger partial charge is 0.694 e. The van der Waals surface area contributed by atoms with Gasteiger partial charge in [0.1, 0.15) is 0 Å². The van der Waals surface area contributed by atoms with E-state index < -0.39 is 18.1 Å². The summed E-state index contributed by atoms with van der Waals surface area (Å²) in [7, 11) is -4.53. The molecule has 0 aromatic heterocycles. The second kappa shape index (κ2) is 8.59. The van der Waals surface area contributed by atoms with Crippen molar-refractivity contribution in [3.05, 3.63) is 0 Å². The number of hydrogen-bond donors (Lipinski definition) is 1. The second-order valence-electron chi connectivity index (χ2n) is 2.66. The monoisotopic (exact) mass is 306 g/mol. The van der Waals surface area contributed by atoms with Crippen LogP contribution < -0.4 is 0 Å². The molecule has 9 heteroatoms. The van der Waals surface area contributed by atoms with Gasteiger partial charge in [-0.1, -0.05) is 0 Å². The molecule has 0 aromatic carbocycles. The van der Waals surface area contributed by atoms with Gasteiger partial charge in [0.25, 0.3) is 0 Å². The average molecular weight is 306 g/mol. The smallest absolute Gasteiger partial charge is 0.351 e. The second-order valence-corrected chi connectivity index (χ2v) is 9.18. The zero-order valence-corrected chi connectivity index (χ0v) is 13.6. The minimum absolute atomic E-state index is 0.353. The van der Waals surface area contributed by atoms with E-state index in [0.717, 1.165) is 0 Å².